The molecule has 4 rings (SSSR count). The molecule has 0 fully saturated rings. The summed E-state index contributed by atoms with van der Waals surface area (Å²) in [5, 5.41) is 7.43. The number of hydrogen-bond donors (Lipinski definition) is 1. The predicted molar refractivity (Wildman–Crippen MR) is 104 cm³/mol. The summed E-state index contributed by atoms with van der Waals surface area (Å²) < 4.78 is 15.0. The first-order valence-corrected chi connectivity index (χ1v) is 8.79. The molecule has 28 heavy (non-hydrogen) atoms. The number of aromatic nitrogens is 3. The van der Waals surface area contributed by atoms with Gasteiger partial charge in [0.1, 0.15) is 11.5 Å². The number of benzene rings is 2. The third kappa shape index (κ3) is 3.81. The second-order valence-electron chi connectivity index (χ2n) is 6.23. The molecule has 0 atom stereocenters. The van der Waals surface area contributed by atoms with Crippen molar-refractivity contribution in [1.29, 1.82) is 0 Å². The van der Waals surface area contributed by atoms with Crippen LogP contribution in [0.1, 0.15) is 15.9 Å². The highest BCUT2D eigenvalue weighted by atomic mass is 19.1. The van der Waals surface area contributed by atoms with Crippen LogP contribution in [0.4, 0.5) is 4.39 Å². The fourth-order valence-corrected chi connectivity index (χ4v) is 2.89. The van der Waals surface area contributed by atoms with Gasteiger partial charge in [0.2, 0.25) is 0 Å². The van der Waals surface area contributed by atoms with Crippen LogP contribution in [0, 0.1) is 5.82 Å². The molecule has 6 heteroatoms. The van der Waals surface area contributed by atoms with E-state index in [0.29, 0.717) is 16.8 Å². The molecule has 1 amide bonds. The summed E-state index contributed by atoms with van der Waals surface area (Å²) in [5.41, 5.74) is 3.23. The normalized spacial score (nSPS) is 10.6. The van der Waals surface area contributed by atoms with Gasteiger partial charge in [-0.2, -0.15) is 5.10 Å². The number of pyridine rings is 1. The van der Waals surface area contributed by atoms with E-state index in [-0.39, 0.29) is 18.3 Å². The highest BCUT2D eigenvalue weighted by Crippen LogP contribution is 2.23. The van der Waals surface area contributed by atoms with E-state index in [4.69, 9.17) is 0 Å². The summed E-state index contributed by atoms with van der Waals surface area (Å²) in [4.78, 5) is 17.0. The molecule has 2 heterocycles. The van der Waals surface area contributed by atoms with Gasteiger partial charge < -0.3 is 5.32 Å². The van der Waals surface area contributed by atoms with Crippen molar-refractivity contribution >= 4 is 5.91 Å². The summed E-state index contributed by atoms with van der Waals surface area (Å²) in [6.45, 7) is 0.222. The van der Waals surface area contributed by atoms with E-state index >= 15 is 0 Å². The second-order valence-corrected chi connectivity index (χ2v) is 6.23. The zero-order valence-corrected chi connectivity index (χ0v) is 14.9. The van der Waals surface area contributed by atoms with Gasteiger partial charge in [0.05, 0.1) is 11.3 Å². The van der Waals surface area contributed by atoms with Crippen molar-refractivity contribution in [3.05, 3.63) is 102 Å². The largest absolute Gasteiger partial charge is 0.348 e. The fourth-order valence-electron chi connectivity index (χ4n) is 2.89. The van der Waals surface area contributed by atoms with Crippen LogP contribution in [0.3, 0.4) is 0 Å². The molecule has 0 aliphatic carbocycles. The SMILES string of the molecule is O=C(NCc1cccc(F)c1)c1cn(-c2ccccc2)nc1-c1cccnc1. The number of rotatable bonds is 5. The maximum absolute atomic E-state index is 13.4. The summed E-state index contributed by atoms with van der Waals surface area (Å²) in [6.07, 6.45) is 5.03. The van der Waals surface area contributed by atoms with Crippen LogP contribution in [0.2, 0.25) is 0 Å². The van der Waals surface area contributed by atoms with Gasteiger partial charge in [0, 0.05) is 30.7 Å². The topological polar surface area (TPSA) is 59.8 Å². The Morgan fingerprint density at radius 3 is 2.64 bits per heavy atom. The molecular formula is C22H17FN4O. The highest BCUT2D eigenvalue weighted by molar-refractivity contribution is 5.99. The molecule has 0 spiro atoms. The van der Waals surface area contributed by atoms with E-state index < -0.39 is 0 Å². The number of halogens is 1. The molecule has 2 aromatic carbocycles. The highest BCUT2D eigenvalue weighted by Gasteiger charge is 2.18. The molecule has 4 aromatic rings. The van der Waals surface area contributed by atoms with Crippen LogP contribution in [-0.2, 0) is 6.54 Å². The molecule has 5 nitrogen and oxygen atoms in total. The molecular weight excluding hydrogens is 355 g/mol. The lowest BCUT2D eigenvalue weighted by atomic mass is 10.1. The molecule has 0 aliphatic rings. The fraction of sp³-hybridized carbons (Fsp3) is 0.0455. The zero-order chi connectivity index (χ0) is 19.3. The maximum atomic E-state index is 13.4. The van der Waals surface area contributed by atoms with Gasteiger partial charge in [-0.15, -0.1) is 0 Å². The zero-order valence-electron chi connectivity index (χ0n) is 14.9. The Morgan fingerprint density at radius 1 is 1.04 bits per heavy atom. The first kappa shape index (κ1) is 17.6. The van der Waals surface area contributed by atoms with E-state index in [9.17, 15) is 9.18 Å². The van der Waals surface area contributed by atoms with E-state index in [2.05, 4.69) is 15.4 Å². The molecule has 138 valence electrons. The lowest BCUT2D eigenvalue weighted by Gasteiger charge is -2.05. The predicted octanol–water partition coefficient (Wildman–Crippen LogP) is 4.00. The molecule has 0 unspecified atom stereocenters. The Balaban J connectivity index is 1.66. The molecule has 0 radical (unpaired) electrons. The Labute approximate surface area is 161 Å². The Kier molecular flexibility index (Phi) is 4.93. The van der Waals surface area contributed by atoms with Gasteiger partial charge in [0.15, 0.2) is 0 Å². The number of carbonyl (C=O) groups is 1. The van der Waals surface area contributed by atoms with E-state index in [1.54, 1.807) is 41.5 Å². The molecule has 0 saturated heterocycles. The standard InChI is InChI=1S/C22H17FN4O/c23-18-8-4-6-16(12-18)13-25-22(28)20-15-27(19-9-2-1-3-10-19)26-21(20)17-7-5-11-24-14-17/h1-12,14-15H,13H2,(H,25,28). The number of nitrogens with zero attached hydrogens (tertiary/aromatic N) is 3. The summed E-state index contributed by atoms with van der Waals surface area (Å²) in [5.74, 6) is -0.620. The number of carbonyl (C=O) groups excluding carboxylic acids is 1. The minimum absolute atomic E-state index is 0.222. The van der Waals surface area contributed by atoms with E-state index in [1.165, 1.54) is 12.1 Å². The third-order valence-electron chi connectivity index (χ3n) is 4.26. The molecule has 0 aliphatic heterocycles. The first-order chi connectivity index (χ1) is 13.7. The summed E-state index contributed by atoms with van der Waals surface area (Å²) in [6, 6.07) is 19.4. The van der Waals surface area contributed by atoms with Crippen molar-refractivity contribution in [1.82, 2.24) is 20.1 Å². The second kappa shape index (κ2) is 7.84. The number of para-hydroxylation sites is 1. The first-order valence-electron chi connectivity index (χ1n) is 8.79. The van der Waals surface area contributed by atoms with Crippen molar-refractivity contribution in [2.24, 2.45) is 0 Å². The quantitative estimate of drug-likeness (QED) is 0.576. The smallest absolute Gasteiger partial charge is 0.255 e. The summed E-state index contributed by atoms with van der Waals surface area (Å²) in [7, 11) is 0. The maximum Gasteiger partial charge on any atom is 0.255 e. The van der Waals surface area contributed by atoms with Crippen LogP contribution in [0.25, 0.3) is 16.9 Å². The van der Waals surface area contributed by atoms with Crippen LogP contribution in [0.5, 0.6) is 0 Å². The minimum atomic E-state index is -0.334. The Bertz CT molecular complexity index is 1090. The van der Waals surface area contributed by atoms with E-state index in [0.717, 1.165) is 11.3 Å². The van der Waals surface area contributed by atoms with Crippen LogP contribution >= 0.6 is 0 Å². The van der Waals surface area contributed by atoms with E-state index in [1.807, 2.05) is 36.4 Å². The molecule has 0 bridgehead atoms. The third-order valence-corrected chi connectivity index (χ3v) is 4.26. The van der Waals surface area contributed by atoms with Gasteiger partial charge >= 0.3 is 0 Å². The molecule has 2 aromatic heterocycles. The van der Waals surface area contributed by atoms with Crippen molar-refractivity contribution < 1.29 is 9.18 Å². The van der Waals surface area contributed by atoms with Gasteiger partial charge in [-0.25, -0.2) is 9.07 Å². The van der Waals surface area contributed by atoms with Gasteiger partial charge in [0.25, 0.3) is 5.91 Å². The van der Waals surface area contributed by atoms with Crippen molar-refractivity contribution in [3.63, 3.8) is 0 Å². The average molecular weight is 372 g/mol. The van der Waals surface area contributed by atoms with Crippen molar-refractivity contribution in [3.8, 4) is 16.9 Å². The minimum Gasteiger partial charge on any atom is -0.348 e. The Hall–Kier alpha value is -3.80. The number of hydrogen-bond acceptors (Lipinski definition) is 3. The molecule has 1 N–H and O–H groups in total. The van der Waals surface area contributed by atoms with Crippen LogP contribution in [0.15, 0.2) is 85.3 Å². The monoisotopic (exact) mass is 372 g/mol. The lowest BCUT2D eigenvalue weighted by molar-refractivity contribution is 0.0951. The van der Waals surface area contributed by atoms with Gasteiger partial charge in [-0.1, -0.05) is 30.3 Å². The Morgan fingerprint density at radius 2 is 1.89 bits per heavy atom. The van der Waals surface area contributed by atoms with Crippen molar-refractivity contribution in [2.45, 2.75) is 6.54 Å². The molecule has 0 saturated carbocycles. The van der Waals surface area contributed by atoms with Crippen LogP contribution in [-0.4, -0.2) is 20.7 Å². The average Bonchev–Trinajstić information content (AvgIpc) is 3.19. The number of amides is 1. The summed E-state index contributed by atoms with van der Waals surface area (Å²) >= 11 is 0. The van der Waals surface area contributed by atoms with Crippen molar-refractivity contribution in [2.75, 3.05) is 0 Å². The van der Waals surface area contributed by atoms with Crippen LogP contribution < -0.4 is 5.32 Å². The van der Waals surface area contributed by atoms with Gasteiger partial charge in [-0.05, 0) is 42.0 Å². The lowest BCUT2D eigenvalue weighted by Crippen LogP contribution is -2.23. The van der Waals surface area contributed by atoms with Gasteiger partial charge in [-0.3, -0.25) is 9.78 Å². The number of nitrogens with one attached hydrogen (secondary N) is 1.